The zero-order chi connectivity index (χ0) is 47.0. The molecule has 2 unspecified atom stereocenters. The molecule has 0 spiro atoms. The minimum atomic E-state index is -1.13. The molecule has 6 aromatic rings. The smallest absolute Gasteiger partial charge is 0.269 e. The zero-order valence-electron chi connectivity index (χ0n) is 35.6. The van der Waals surface area contributed by atoms with Crippen LogP contribution in [0, 0.1) is 20.2 Å². The predicted molar refractivity (Wildman–Crippen MR) is 264 cm³/mol. The molecule has 0 aliphatic carbocycles. The number of benzene rings is 4. The highest BCUT2D eigenvalue weighted by molar-refractivity contribution is 7.85. The van der Waals surface area contributed by atoms with Crippen LogP contribution in [0.2, 0.25) is 15.3 Å². The molecular formula is C44H43Cl3N12O6S2. The van der Waals surface area contributed by atoms with E-state index in [1.54, 1.807) is 48.5 Å². The van der Waals surface area contributed by atoms with Gasteiger partial charge in [-0.1, -0.05) is 35.3 Å². The number of aryl methyl sites for hydroxylation is 2. The van der Waals surface area contributed by atoms with E-state index in [9.17, 15) is 28.6 Å². The number of rotatable bonds is 9. The number of nitrogens with zero attached hydrogens (tertiary/aromatic N) is 9. The summed E-state index contributed by atoms with van der Waals surface area (Å²) in [6.07, 6.45) is 1.32. The quantitative estimate of drug-likeness (QED) is 0.0711. The van der Waals surface area contributed by atoms with Crippen molar-refractivity contribution >= 4 is 108 Å². The average Bonchev–Trinajstić information content (AvgIpc) is 3.91. The van der Waals surface area contributed by atoms with Crippen molar-refractivity contribution in [3.63, 3.8) is 0 Å². The lowest BCUT2D eigenvalue weighted by Crippen LogP contribution is -2.47. The van der Waals surface area contributed by atoms with Crippen molar-refractivity contribution in [1.29, 1.82) is 0 Å². The number of anilines is 7. The van der Waals surface area contributed by atoms with Crippen molar-refractivity contribution in [2.75, 3.05) is 89.2 Å². The summed E-state index contributed by atoms with van der Waals surface area (Å²) < 4.78 is 24.6. The Morgan fingerprint density at radius 2 is 1.01 bits per heavy atom. The number of nitro benzene ring substituents is 2. The predicted octanol–water partition coefficient (Wildman–Crippen LogP) is 7.97. The molecule has 0 bridgehead atoms. The molecule has 18 nitrogen and oxygen atoms in total. The number of hydrogen-bond donors (Lipinski definition) is 3. The van der Waals surface area contributed by atoms with Gasteiger partial charge in [0.2, 0.25) is 11.2 Å². The number of non-ortho nitro benzene ring substituents is 2. The van der Waals surface area contributed by atoms with E-state index < -0.39 is 26.5 Å². The Bertz CT molecular complexity index is 2820. The van der Waals surface area contributed by atoms with Crippen LogP contribution in [-0.4, -0.2) is 102 Å². The average molecular weight is 1010 g/mol. The molecule has 67 heavy (non-hydrogen) atoms. The summed E-state index contributed by atoms with van der Waals surface area (Å²) in [5.74, 6) is 2.78. The van der Waals surface area contributed by atoms with Gasteiger partial charge in [-0.05, 0) is 72.3 Å². The minimum Gasteiger partial charge on any atom is -0.369 e. The number of nitro groups is 2. The molecule has 3 N–H and O–H groups in total. The molecule has 348 valence electrons. The normalized spacial score (nSPS) is 17.3. The first-order valence-electron chi connectivity index (χ1n) is 21.1. The lowest BCUT2D eigenvalue weighted by Gasteiger charge is -2.36. The highest BCUT2D eigenvalue weighted by atomic mass is 35.5. The van der Waals surface area contributed by atoms with Gasteiger partial charge in [-0.2, -0.15) is 9.97 Å². The summed E-state index contributed by atoms with van der Waals surface area (Å²) in [6, 6.07) is 27.9. The van der Waals surface area contributed by atoms with Gasteiger partial charge in [-0.15, -0.1) is 0 Å². The van der Waals surface area contributed by atoms with Crippen molar-refractivity contribution in [2.24, 2.45) is 0 Å². The van der Waals surface area contributed by atoms with Crippen molar-refractivity contribution in [3.8, 4) is 0 Å². The van der Waals surface area contributed by atoms with E-state index in [0.717, 1.165) is 73.4 Å². The zero-order valence-corrected chi connectivity index (χ0v) is 39.5. The Morgan fingerprint density at radius 1 is 0.567 bits per heavy atom. The Balaban J connectivity index is 0.000000151. The molecule has 0 saturated carbocycles. The number of fused-ring (bicyclic) bond motifs is 2. The maximum atomic E-state index is 12.6. The molecule has 4 aliphatic heterocycles. The van der Waals surface area contributed by atoms with E-state index >= 15 is 0 Å². The topological polar surface area (TPSA) is 218 Å². The molecule has 10 rings (SSSR count). The van der Waals surface area contributed by atoms with Gasteiger partial charge in [0.05, 0.1) is 42.8 Å². The van der Waals surface area contributed by atoms with Crippen LogP contribution in [0.1, 0.15) is 11.4 Å². The maximum absolute atomic E-state index is 12.6. The Hall–Kier alpha value is -6.03. The summed E-state index contributed by atoms with van der Waals surface area (Å²) >= 11 is 17.9. The fourth-order valence-electron chi connectivity index (χ4n) is 7.73. The lowest BCUT2D eigenvalue weighted by molar-refractivity contribution is -0.385. The van der Waals surface area contributed by atoms with E-state index in [1.165, 1.54) is 12.1 Å². The molecule has 2 fully saturated rings. The number of nitrogens with one attached hydrogen (secondary N) is 3. The number of piperazine rings is 2. The monoisotopic (exact) mass is 1000 g/mol. The van der Waals surface area contributed by atoms with Crippen LogP contribution >= 0.6 is 34.8 Å². The minimum absolute atomic E-state index is 0.0843. The van der Waals surface area contributed by atoms with E-state index in [1.807, 2.05) is 36.4 Å². The fraction of sp³-hybridized carbons (Fsp3) is 0.273. The van der Waals surface area contributed by atoms with Gasteiger partial charge < -0.3 is 30.7 Å². The third kappa shape index (κ3) is 11.9. The van der Waals surface area contributed by atoms with Crippen LogP contribution in [0.5, 0.6) is 0 Å². The summed E-state index contributed by atoms with van der Waals surface area (Å²) in [4.78, 5) is 46.2. The molecular weight excluding hydrogens is 963 g/mol. The van der Waals surface area contributed by atoms with Crippen molar-refractivity contribution in [2.45, 2.75) is 22.6 Å². The third-order valence-electron chi connectivity index (χ3n) is 11.0. The van der Waals surface area contributed by atoms with Gasteiger partial charge >= 0.3 is 0 Å². The summed E-state index contributed by atoms with van der Waals surface area (Å²) in [6.45, 7) is 6.73. The number of hydrogen-bond acceptors (Lipinski definition) is 16. The van der Waals surface area contributed by atoms with Crippen LogP contribution < -0.4 is 30.7 Å². The van der Waals surface area contributed by atoms with Gasteiger partial charge in [-0.25, -0.2) is 9.97 Å². The second-order valence-corrected chi connectivity index (χ2v) is 19.6. The van der Waals surface area contributed by atoms with Crippen molar-refractivity contribution in [1.82, 2.24) is 25.3 Å². The number of halogens is 3. The van der Waals surface area contributed by atoms with E-state index in [4.69, 9.17) is 44.8 Å². The van der Waals surface area contributed by atoms with Crippen LogP contribution in [0.4, 0.5) is 51.7 Å². The summed E-state index contributed by atoms with van der Waals surface area (Å²) in [5.41, 5.74) is 5.36. The summed E-state index contributed by atoms with van der Waals surface area (Å²) in [5, 5.41) is 32.4. The largest absolute Gasteiger partial charge is 0.369 e. The molecule has 2 saturated heterocycles. The van der Waals surface area contributed by atoms with Crippen LogP contribution in [0.3, 0.4) is 0 Å². The molecule has 6 heterocycles. The second-order valence-electron chi connectivity index (χ2n) is 15.4. The van der Waals surface area contributed by atoms with Crippen LogP contribution in [0.15, 0.2) is 107 Å². The Kier molecular flexibility index (Phi) is 15.4. The highest BCUT2D eigenvalue weighted by Gasteiger charge is 2.29. The van der Waals surface area contributed by atoms with Gasteiger partial charge in [0, 0.05) is 134 Å². The highest BCUT2D eigenvalue weighted by Crippen LogP contribution is 2.34. The van der Waals surface area contributed by atoms with Crippen molar-refractivity contribution < 1.29 is 18.3 Å². The number of aromatic nitrogens is 4. The van der Waals surface area contributed by atoms with Gasteiger partial charge in [-0.3, -0.25) is 28.6 Å². The van der Waals surface area contributed by atoms with E-state index in [0.29, 0.717) is 74.9 Å². The first-order valence-corrected chi connectivity index (χ1v) is 24.9. The standard InChI is InChI=1S/C22H21ClN6O3S.C12H9Cl2N3OS.C10H13N3O2/c23-15-2-1-3-16(14-15)24-21-20-19(8-13-33(20)32)25-22(26-21)28-11-9-27(10-12-28)17-4-6-18(7-5-17)29(30)31;13-7-2-1-3-8(6-7)15-11-10-9(4-5-19(10)18)16-12(14)17-11;14-13(15)10-3-1-9(2-4-10)12-7-5-11-6-8-12/h1-7,14H,8-13H2,(H,24,25,26);1-3,6H,4-5H2,(H,15,16,17);1-4,11H,5-8H2. The molecule has 0 radical (unpaired) electrons. The Morgan fingerprint density at radius 3 is 1.49 bits per heavy atom. The molecule has 2 aromatic heterocycles. The fourth-order valence-corrected chi connectivity index (χ4v) is 10.9. The van der Waals surface area contributed by atoms with Gasteiger partial charge in [0.25, 0.3) is 11.4 Å². The van der Waals surface area contributed by atoms with E-state index in [2.05, 4.69) is 40.6 Å². The van der Waals surface area contributed by atoms with Crippen LogP contribution in [-0.2, 0) is 34.4 Å². The van der Waals surface area contributed by atoms with Gasteiger partial charge in [0.1, 0.15) is 9.79 Å². The molecule has 4 aliphatic rings. The summed E-state index contributed by atoms with van der Waals surface area (Å²) in [7, 11) is -2.21. The third-order valence-corrected chi connectivity index (χ3v) is 14.6. The molecule has 0 amide bonds. The van der Waals surface area contributed by atoms with E-state index in [-0.39, 0.29) is 21.6 Å². The van der Waals surface area contributed by atoms with Crippen molar-refractivity contribution in [3.05, 3.63) is 144 Å². The second kappa shape index (κ2) is 21.7. The lowest BCUT2D eigenvalue weighted by atomic mass is 10.2. The Labute approximate surface area is 405 Å². The SMILES string of the molecule is O=S1CCc2nc(Cl)nc(Nc3cccc(Cl)c3)c21.O=[N+]([O-])c1ccc(N2CCN(c3nc4c(c(Nc5cccc(Cl)c5)n3)S(=O)CC4)CC2)cc1.O=[N+]([O-])c1ccc(N2CCNCC2)cc1. The van der Waals surface area contributed by atoms with Crippen LogP contribution in [0.25, 0.3) is 0 Å². The molecule has 4 aromatic carbocycles. The first-order chi connectivity index (χ1) is 32.4. The molecule has 23 heteroatoms. The van der Waals surface area contributed by atoms with Gasteiger partial charge in [0.15, 0.2) is 11.6 Å². The molecule has 2 atom stereocenters. The maximum Gasteiger partial charge on any atom is 0.269 e. The first kappa shape index (κ1) is 47.5.